The van der Waals surface area contributed by atoms with Crippen LogP contribution in [-0.4, -0.2) is 44.8 Å². The normalized spacial score (nSPS) is 11.3. The van der Waals surface area contributed by atoms with Crippen LogP contribution in [0.5, 0.6) is 0 Å². The lowest BCUT2D eigenvalue weighted by atomic mass is 10.1. The van der Waals surface area contributed by atoms with Crippen molar-refractivity contribution in [3.63, 3.8) is 0 Å². The first-order chi connectivity index (χ1) is 8.53. The molecular formula is C14H23N2O2+. The van der Waals surface area contributed by atoms with E-state index in [1.807, 2.05) is 44.4 Å². The van der Waals surface area contributed by atoms with Crippen LogP contribution in [0.3, 0.4) is 0 Å². The van der Waals surface area contributed by atoms with Crippen LogP contribution < -0.4 is 5.32 Å². The van der Waals surface area contributed by atoms with Crippen molar-refractivity contribution in [1.29, 1.82) is 0 Å². The van der Waals surface area contributed by atoms with Crippen LogP contribution in [0.25, 0.3) is 0 Å². The second-order valence-corrected chi connectivity index (χ2v) is 4.85. The Bertz CT molecular complexity index is 363. The molecule has 4 nitrogen and oxygen atoms in total. The van der Waals surface area contributed by atoms with E-state index in [1.54, 1.807) is 7.11 Å². The predicted octanol–water partition coefficient (Wildman–Crippen LogP) is 1.37. The van der Waals surface area contributed by atoms with Crippen LogP contribution in [0.1, 0.15) is 12.0 Å². The fourth-order valence-electron chi connectivity index (χ4n) is 1.62. The van der Waals surface area contributed by atoms with E-state index in [2.05, 4.69) is 5.32 Å². The third-order valence-electron chi connectivity index (χ3n) is 2.90. The minimum atomic E-state index is 0.0731. The van der Waals surface area contributed by atoms with Gasteiger partial charge in [-0.2, -0.15) is 4.65 Å². The molecule has 0 aliphatic heterocycles. The molecule has 0 aliphatic carbocycles. The zero-order valence-electron chi connectivity index (χ0n) is 11.5. The molecule has 1 amide bonds. The molecule has 0 aliphatic rings. The van der Waals surface area contributed by atoms with Gasteiger partial charge < -0.3 is 5.32 Å². The summed E-state index contributed by atoms with van der Waals surface area (Å²) in [6.45, 7) is 1.57. The summed E-state index contributed by atoms with van der Waals surface area (Å²) in [5.41, 5.74) is 1.04. The van der Waals surface area contributed by atoms with Crippen molar-refractivity contribution in [3.05, 3.63) is 35.9 Å². The van der Waals surface area contributed by atoms with Crippen LogP contribution in [0.15, 0.2) is 30.3 Å². The third kappa shape index (κ3) is 5.80. The highest BCUT2D eigenvalue weighted by Gasteiger charge is 2.13. The molecule has 0 atom stereocenters. The monoisotopic (exact) mass is 251 g/mol. The first-order valence-electron chi connectivity index (χ1n) is 6.23. The highest BCUT2D eigenvalue weighted by Crippen LogP contribution is 2.00. The van der Waals surface area contributed by atoms with E-state index < -0.39 is 0 Å². The number of benzene rings is 1. The molecule has 0 bridgehead atoms. The van der Waals surface area contributed by atoms with E-state index in [-0.39, 0.29) is 5.91 Å². The summed E-state index contributed by atoms with van der Waals surface area (Å²) >= 11 is 0. The van der Waals surface area contributed by atoms with Gasteiger partial charge in [-0.05, 0) is 5.56 Å². The number of hydrogen-bond donors (Lipinski definition) is 1. The number of nitrogens with zero attached hydrogens (tertiary/aromatic N) is 1. The van der Waals surface area contributed by atoms with Crippen molar-refractivity contribution in [2.75, 3.05) is 34.3 Å². The Hall–Kier alpha value is -1.39. The summed E-state index contributed by atoms with van der Waals surface area (Å²) in [4.78, 5) is 16.9. The second-order valence-electron chi connectivity index (χ2n) is 4.85. The molecule has 1 aromatic rings. The predicted molar refractivity (Wildman–Crippen MR) is 71.8 cm³/mol. The highest BCUT2D eigenvalue weighted by atomic mass is 16.7. The first kappa shape index (κ1) is 14.7. The fourth-order valence-corrected chi connectivity index (χ4v) is 1.62. The first-order valence-corrected chi connectivity index (χ1v) is 6.23. The number of amides is 1. The zero-order valence-corrected chi connectivity index (χ0v) is 11.5. The van der Waals surface area contributed by atoms with Gasteiger partial charge >= 0.3 is 0 Å². The number of hydroxylamine groups is 3. The molecule has 0 fully saturated rings. The quantitative estimate of drug-likeness (QED) is 0.451. The lowest BCUT2D eigenvalue weighted by Gasteiger charge is -2.24. The van der Waals surface area contributed by atoms with Crippen LogP contribution in [0, 0.1) is 0 Å². The smallest absolute Gasteiger partial charge is 0.224 e. The van der Waals surface area contributed by atoms with Gasteiger partial charge in [0, 0.05) is 13.0 Å². The van der Waals surface area contributed by atoms with Gasteiger partial charge in [-0.25, -0.2) is 4.84 Å². The maximum atomic E-state index is 11.7. The fraction of sp³-hybridized carbons (Fsp3) is 0.500. The van der Waals surface area contributed by atoms with E-state index in [9.17, 15) is 4.79 Å². The van der Waals surface area contributed by atoms with Gasteiger partial charge in [0.1, 0.15) is 6.54 Å². The van der Waals surface area contributed by atoms with Gasteiger partial charge in [0.2, 0.25) is 5.91 Å². The molecule has 0 spiro atoms. The Morgan fingerprint density at radius 1 is 1.28 bits per heavy atom. The van der Waals surface area contributed by atoms with Crippen molar-refractivity contribution < 1.29 is 14.3 Å². The van der Waals surface area contributed by atoms with Gasteiger partial charge in [-0.3, -0.25) is 4.79 Å². The van der Waals surface area contributed by atoms with Crippen molar-refractivity contribution in [2.24, 2.45) is 0 Å². The Morgan fingerprint density at radius 2 is 1.94 bits per heavy atom. The number of quaternary nitrogens is 1. The van der Waals surface area contributed by atoms with Crippen molar-refractivity contribution in [2.45, 2.75) is 12.8 Å². The summed E-state index contributed by atoms with van der Waals surface area (Å²) < 4.78 is 0.508. The Kier molecular flexibility index (Phi) is 5.82. The highest BCUT2D eigenvalue weighted by molar-refractivity contribution is 5.78. The van der Waals surface area contributed by atoms with Crippen LogP contribution in [0.2, 0.25) is 0 Å². The van der Waals surface area contributed by atoms with Crippen molar-refractivity contribution in [1.82, 2.24) is 5.32 Å². The summed E-state index contributed by atoms with van der Waals surface area (Å²) in [5, 5.41) is 2.92. The van der Waals surface area contributed by atoms with E-state index >= 15 is 0 Å². The zero-order chi connectivity index (χ0) is 13.4. The lowest BCUT2D eigenvalue weighted by molar-refractivity contribution is -1.07. The Balaban J connectivity index is 2.18. The molecule has 0 unspecified atom stereocenters. The molecule has 0 saturated heterocycles. The molecule has 18 heavy (non-hydrogen) atoms. The van der Waals surface area contributed by atoms with Crippen molar-refractivity contribution >= 4 is 5.91 Å². The maximum absolute atomic E-state index is 11.7. The molecule has 0 aromatic heterocycles. The van der Waals surface area contributed by atoms with E-state index in [1.165, 1.54) is 0 Å². The number of hydrogen-bond acceptors (Lipinski definition) is 2. The number of nitrogens with one attached hydrogen (secondary N) is 1. The minimum Gasteiger partial charge on any atom is -0.356 e. The molecule has 4 heteroatoms. The molecule has 100 valence electrons. The second kappa shape index (κ2) is 7.13. The summed E-state index contributed by atoms with van der Waals surface area (Å²) in [7, 11) is 5.67. The summed E-state index contributed by atoms with van der Waals surface area (Å²) in [6.07, 6.45) is 1.35. The van der Waals surface area contributed by atoms with Gasteiger partial charge in [0.25, 0.3) is 0 Å². The minimum absolute atomic E-state index is 0.0731. The largest absolute Gasteiger partial charge is 0.356 e. The topological polar surface area (TPSA) is 38.3 Å². The van der Waals surface area contributed by atoms with Crippen LogP contribution >= 0.6 is 0 Å². The third-order valence-corrected chi connectivity index (χ3v) is 2.90. The van der Waals surface area contributed by atoms with Crippen molar-refractivity contribution in [3.8, 4) is 0 Å². The Morgan fingerprint density at radius 3 is 2.56 bits per heavy atom. The number of rotatable bonds is 7. The molecule has 0 radical (unpaired) electrons. The van der Waals surface area contributed by atoms with Crippen LogP contribution in [-0.2, 0) is 16.1 Å². The van der Waals surface area contributed by atoms with Crippen LogP contribution in [0.4, 0.5) is 0 Å². The van der Waals surface area contributed by atoms with E-state index in [0.29, 0.717) is 17.6 Å². The Labute approximate surface area is 109 Å². The SMILES string of the molecule is CO[N+](C)(C)CCCNC(=O)Cc1ccccc1. The average Bonchev–Trinajstić information content (AvgIpc) is 2.36. The molecular weight excluding hydrogens is 228 g/mol. The van der Waals surface area contributed by atoms with E-state index in [4.69, 9.17) is 4.84 Å². The molecule has 0 saturated carbocycles. The standard InChI is InChI=1S/C14H22N2O2/c1-16(2,18-3)11-7-10-15-14(17)12-13-8-5-4-6-9-13/h4-6,8-9H,7,10-12H2,1-3H3/p+1. The van der Waals surface area contributed by atoms with Gasteiger partial charge in [0.05, 0.1) is 27.6 Å². The van der Waals surface area contributed by atoms with E-state index in [0.717, 1.165) is 18.5 Å². The number of carbonyl (C=O) groups excluding carboxylic acids is 1. The molecule has 1 aromatic carbocycles. The maximum Gasteiger partial charge on any atom is 0.224 e. The van der Waals surface area contributed by atoms with Gasteiger partial charge in [0.15, 0.2) is 0 Å². The van der Waals surface area contributed by atoms with Gasteiger partial charge in [-0.1, -0.05) is 30.3 Å². The summed E-state index contributed by atoms with van der Waals surface area (Å²) in [6, 6.07) is 9.77. The lowest BCUT2D eigenvalue weighted by Crippen LogP contribution is -2.40. The van der Waals surface area contributed by atoms with Gasteiger partial charge in [-0.15, -0.1) is 0 Å². The number of carbonyl (C=O) groups is 1. The average molecular weight is 251 g/mol. The summed E-state index contributed by atoms with van der Waals surface area (Å²) in [5.74, 6) is 0.0731. The molecule has 0 heterocycles. The molecule has 1 N–H and O–H groups in total. The molecule has 1 rings (SSSR count).